The maximum Gasteiger partial charge on any atom is 0.257 e. The lowest BCUT2D eigenvalue weighted by molar-refractivity contribution is 0.102. The summed E-state index contributed by atoms with van der Waals surface area (Å²) in [6.45, 7) is 2.17. The predicted molar refractivity (Wildman–Crippen MR) is 112 cm³/mol. The Kier molecular flexibility index (Phi) is 5.43. The number of hydrogen-bond acceptors (Lipinski definition) is 5. The summed E-state index contributed by atoms with van der Waals surface area (Å²) >= 11 is 1.44. The highest BCUT2D eigenvalue weighted by Gasteiger charge is 2.11. The molecule has 4 aromatic rings. The van der Waals surface area contributed by atoms with Gasteiger partial charge in [0, 0.05) is 17.7 Å². The van der Waals surface area contributed by atoms with E-state index in [2.05, 4.69) is 27.4 Å². The molecule has 2 aromatic carbocycles. The number of nitrogens with one attached hydrogen (secondary N) is 1. The van der Waals surface area contributed by atoms with Crippen LogP contribution < -0.4 is 5.32 Å². The van der Waals surface area contributed by atoms with Gasteiger partial charge in [-0.1, -0.05) is 43.2 Å². The molecule has 0 fully saturated rings. The molecule has 0 aliphatic rings. The average Bonchev–Trinajstić information content (AvgIpc) is 3.35. The minimum Gasteiger partial charge on any atom is -0.299 e. The van der Waals surface area contributed by atoms with Crippen LogP contribution in [0, 0.1) is 0 Å². The van der Waals surface area contributed by atoms with Crippen molar-refractivity contribution in [1.29, 1.82) is 0 Å². The zero-order chi connectivity index (χ0) is 19.3. The number of amides is 1. The van der Waals surface area contributed by atoms with Crippen molar-refractivity contribution in [3.05, 3.63) is 65.4 Å². The number of hydrogen-bond donors (Lipinski definition) is 1. The van der Waals surface area contributed by atoms with Crippen LogP contribution in [0.15, 0.2) is 54.9 Å². The Bertz CT molecular complexity index is 1080. The predicted octanol–water partition coefficient (Wildman–Crippen LogP) is 4.86. The summed E-state index contributed by atoms with van der Waals surface area (Å²) in [5.74, 6) is -0.182. The first-order valence-electron chi connectivity index (χ1n) is 9.41. The third-order valence-electron chi connectivity index (χ3n) is 4.54. The number of nitrogens with zero attached hydrogens (tertiary/aromatic N) is 4. The Labute approximate surface area is 167 Å². The molecule has 0 radical (unpaired) electrons. The molecular weight excluding hydrogens is 370 g/mol. The molecule has 0 unspecified atom stereocenters. The fraction of sp³-hybridized carbons (Fsp3) is 0.238. The maximum atomic E-state index is 12.5. The first-order chi connectivity index (χ1) is 13.7. The van der Waals surface area contributed by atoms with E-state index in [0.717, 1.165) is 34.6 Å². The zero-order valence-corrected chi connectivity index (χ0v) is 16.4. The number of aryl methyl sites for hydroxylation is 1. The van der Waals surface area contributed by atoms with Crippen LogP contribution in [0.2, 0.25) is 0 Å². The van der Waals surface area contributed by atoms with Crippen molar-refractivity contribution in [2.24, 2.45) is 0 Å². The number of fused-ring (bicyclic) bond motifs is 1. The van der Waals surface area contributed by atoms with Crippen molar-refractivity contribution in [1.82, 2.24) is 19.7 Å². The maximum absolute atomic E-state index is 12.5. The van der Waals surface area contributed by atoms with Gasteiger partial charge in [-0.05, 0) is 42.8 Å². The molecule has 0 bridgehead atoms. The third-order valence-corrected chi connectivity index (χ3v) is 5.44. The van der Waals surface area contributed by atoms with Gasteiger partial charge in [-0.15, -0.1) is 10.2 Å². The second-order valence-corrected chi connectivity index (χ2v) is 7.62. The highest BCUT2D eigenvalue weighted by molar-refractivity contribution is 7.15. The van der Waals surface area contributed by atoms with E-state index in [4.69, 9.17) is 0 Å². The third kappa shape index (κ3) is 3.94. The van der Waals surface area contributed by atoms with E-state index in [0.29, 0.717) is 10.7 Å². The number of rotatable bonds is 7. The lowest BCUT2D eigenvalue weighted by Crippen LogP contribution is -2.11. The standard InChI is InChI=1S/C21H21N5OS/c1-2-3-4-9-19-24-25-21(28-19)23-20(27)15-10-12-16(13-11-15)26-14-22-17-7-5-6-8-18(17)26/h5-8,10-14H,2-4,9H2,1H3,(H,23,25,27). The molecule has 6 nitrogen and oxygen atoms in total. The monoisotopic (exact) mass is 391 g/mol. The summed E-state index contributed by atoms with van der Waals surface area (Å²) in [6, 6.07) is 15.4. The minimum absolute atomic E-state index is 0.182. The van der Waals surface area contributed by atoms with E-state index in [1.165, 1.54) is 24.2 Å². The molecule has 0 atom stereocenters. The molecule has 0 saturated heterocycles. The number of carbonyl (C=O) groups excluding carboxylic acids is 1. The molecule has 0 aliphatic heterocycles. The van der Waals surface area contributed by atoms with E-state index in [-0.39, 0.29) is 5.91 Å². The fourth-order valence-corrected chi connectivity index (χ4v) is 3.82. The summed E-state index contributed by atoms with van der Waals surface area (Å²) in [6.07, 6.45) is 6.16. The zero-order valence-electron chi connectivity index (χ0n) is 15.6. The van der Waals surface area contributed by atoms with Crippen molar-refractivity contribution < 1.29 is 4.79 Å². The van der Waals surface area contributed by atoms with Crippen LogP contribution in [0.5, 0.6) is 0 Å². The summed E-state index contributed by atoms with van der Waals surface area (Å²) in [5.41, 5.74) is 3.51. The Balaban J connectivity index is 1.44. The van der Waals surface area contributed by atoms with Gasteiger partial charge in [0.15, 0.2) is 0 Å². The number of carbonyl (C=O) groups is 1. The van der Waals surface area contributed by atoms with Crippen molar-refractivity contribution in [3.63, 3.8) is 0 Å². The van der Waals surface area contributed by atoms with Gasteiger partial charge in [0.05, 0.1) is 11.0 Å². The van der Waals surface area contributed by atoms with Crippen molar-refractivity contribution in [3.8, 4) is 5.69 Å². The second kappa shape index (κ2) is 8.31. The van der Waals surface area contributed by atoms with Crippen LogP contribution >= 0.6 is 11.3 Å². The lowest BCUT2D eigenvalue weighted by Gasteiger charge is -2.06. The normalized spacial score (nSPS) is 11.0. The fourth-order valence-electron chi connectivity index (χ4n) is 3.04. The van der Waals surface area contributed by atoms with Crippen LogP contribution in [0.4, 0.5) is 5.13 Å². The molecule has 142 valence electrons. The summed E-state index contributed by atoms with van der Waals surface area (Å²) in [4.78, 5) is 16.9. The Morgan fingerprint density at radius 1 is 1.07 bits per heavy atom. The van der Waals surface area contributed by atoms with E-state index < -0.39 is 0 Å². The number of anilines is 1. The highest BCUT2D eigenvalue weighted by Crippen LogP contribution is 2.20. The van der Waals surface area contributed by atoms with Gasteiger partial charge in [-0.25, -0.2) is 4.98 Å². The molecule has 0 saturated carbocycles. The van der Waals surface area contributed by atoms with Gasteiger partial charge in [-0.3, -0.25) is 14.7 Å². The molecule has 7 heteroatoms. The molecule has 0 aliphatic carbocycles. The first-order valence-corrected chi connectivity index (χ1v) is 10.2. The van der Waals surface area contributed by atoms with E-state index in [1.807, 2.05) is 53.1 Å². The molecular formula is C21H21N5OS. The van der Waals surface area contributed by atoms with Gasteiger partial charge in [0.2, 0.25) is 5.13 Å². The van der Waals surface area contributed by atoms with Crippen LogP contribution in [-0.4, -0.2) is 25.7 Å². The lowest BCUT2D eigenvalue weighted by atomic mass is 10.2. The largest absolute Gasteiger partial charge is 0.299 e. The van der Waals surface area contributed by atoms with E-state index in [9.17, 15) is 4.79 Å². The number of benzene rings is 2. The minimum atomic E-state index is -0.182. The molecule has 28 heavy (non-hydrogen) atoms. The summed E-state index contributed by atoms with van der Waals surface area (Å²) < 4.78 is 2.00. The van der Waals surface area contributed by atoms with Crippen LogP contribution in [-0.2, 0) is 6.42 Å². The van der Waals surface area contributed by atoms with Crippen molar-refractivity contribution >= 4 is 33.4 Å². The van der Waals surface area contributed by atoms with Crippen LogP contribution in [0.1, 0.15) is 41.6 Å². The van der Waals surface area contributed by atoms with Gasteiger partial charge in [0.25, 0.3) is 5.91 Å². The van der Waals surface area contributed by atoms with Crippen LogP contribution in [0.25, 0.3) is 16.7 Å². The smallest absolute Gasteiger partial charge is 0.257 e. The first kappa shape index (κ1) is 18.3. The molecule has 2 heterocycles. The molecule has 0 spiro atoms. The Morgan fingerprint density at radius 2 is 1.89 bits per heavy atom. The molecule has 1 amide bonds. The van der Waals surface area contributed by atoms with Gasteiger partial charge < -0.3 is 0 Å². The van der Waals surface area contributed by atoms with Crippen LogP contribution in [0.3, 0.4) is 0 Å². The Hall–Kier alpha value is -3.06. The second-order valence-electron chi connectivity index (χ2n) is 6.56. The number of aromatic nitrogens is 4. The average molecular weight is 392 g/mol. The van der Waals surface area contributed by atoms with Gasteiger partial charge >= 0.3 is 0 Å². The van der Waals surface area contributed by atoms with Crippen molar-refractivity contribution in [2.75, 3.05) is 5.32 Å². The van der Waals surface area contributed by atoms with Gasteiger partial charge in [-0.2, -0.15) is 0 Å². The number of imidazole rings is 1. The quantitative estimate of drug-likeness (QED) is 0.457. The van der Waals surface area contributed by atoms with E-state index >= 15 is 0 Å². The van der Waals surface area contributed by atoms with E-state index in [1.54, 1.807) is 6.33 Å². The van der Waals surface area contributed by atoms with Gasteiger partial charge in [0.1, 0.15) is 11.3 Å². The SMILES string of the molecule is CCCCCc1nnc(NC(=O)c2ccc(-n3cnc4ccccc43)cc2)s1. The molecule has 4 rings (SSSR count). The number of para-hydroxylation sites is 2. The molecule has 2 aromatic heterocycles. The topological polar surface area (TPSA) is 72.7 Å². The number of unbranched alkanes of at least 4 members (excludes halogenated alkanes) is 2. The van der Waals surface area contributed by atoms with Crippen molar-refractivity contribution in [2.45, 2.75) is 32.6 Å². The summed E-state index contributed by atoms with van der Waals surface area (Å²) in [7, 11) is 0. The Morgan fingerprint density at radius 3 is 2.71 bits per heavy atom. The summed E-state index contributed by atoms with van der Waals surface area (Å²) in [5, 5.41) is 12.6. The highest BCUT2D eigenvalue weighted by atomic mass is 32.1. The molecule has 1 N–H and O–H groups in total.